The van der Waals surface area contributed by atoms with Crippen molar-refractivity contribution in [2.75, 3.05) is 59.3 Å². The number of sulfonamides is 1. The van der Waals surface area contributed by atoms with Crippen LogP contribution in [0.5, 0.6) is 0 Å². The number of hydrogen-bond acceptors (Lipinski definition) is 5. The van der Waals surface area contributed by atoms with Crippen LogP contribution in [0.15, 0.2) is 23.1 Å². The lowest BCUT2D eigenvalue weighted by atomic mass is 10.1. The summed E-state index contributed by atoms with van der Waals surface area (Å²) >= 11 is 0. The van der Waals surface area contributed by atoms with Crippen molar-refractivity contribution in [3.05, 3.63) is 23.8 Å². The van der Waals surface area contributed by atoms with Gasteiger partial charge in [0.1, 0.15) is 0 Å². The third-order valence-electron chi connectivity index (χ3n) is 4.47. The molecule has 25 heavy (non-hydrogen) atoms. The highest BCUT2D eigenvalue weighted by Gasteiger charge is 2.25. The molecule has 0 spiro atoms. The van der Waals surface area contributed by atoms with Crippen molar-refractivity contribution in [1.82, 2.24) is 14.5 Å². The first-order valence-electron chi connectivity index (χ1n) is 8.50. The number of rotatable bonds is 7. The molecule has 0 unspecified atom stereocenters. The number of nitrogens with one attached hydrogen (secondary N) is 1. The van der Waals surface area contributed by atoms with Crippen LogP contribution in [0.3, 0.4) is 0 Å². The lowest BCUT2D eigenvalue weighted by Crippen LogP contribution is -2.34. The zero-order chi connectivity index (χ0) is 18.6. The van der Waals surface area contributed by atoms with Crippen LogP contribution < -0.4 is 10.2 Å². The molecule has 0 saturated carbocycles. The highest BCUT2D eigenvalue weighted by molar-refractivity contribution is 7.89. The van der Waals surface area contributed by atoms with E-state index >= 15 is 0 Å². The summed E-state index contributed by atoms with van der Waals surface area (Å²) in [6, 6.07) is 4.87. The van der Waals surface area contributed by atoms with Gasteiger partial charge in [-0.15, -0.1) is 0 Å². The van der Waals surface area contributed by atoms with Crippen molar-refractivity contribution in [3.63, 3.8) is 0 Å². The SMILES string of the molecule is CNCCN(C)C(=O)c1cc(S(=O)(=O)N(C)C)ccc1N1CCCC1. The lowest BCUT2D eigenvalue weighted by Gasteiger charge is -2.25. The Morgan fingerprint density at radius 3 is 2.40 bits per heavy atom. The Kier molecular flexibility index (Phi) is 6.42. The summed E-state index contributed by atoms with van der Waals surface area (Å²) in [6.45, 7) is 3.01. The monoisotopic (exact) mass is 368 g/mol. The molecule has 1 saturated heterocycles. The van der Waals surface area contributed by atoms with Crippen molar-refractivity contribution < 1.29 is 13.2 Å². The smallest absolute Gasteiger partial charge is 0.255 e. The molecule has 8 heteroatoms. The normalized spacial score (nSPS) is 15.0. The molecule has 0 radical (unpaired) electrons. The maximum Gasteiger partial charge on any atom is 0.255 e. The van der Waals surface area contributed by atoms with Gasteiger partial charge in [0.2, 0.25) is 10.0 Å². The van der Waals surface area contributed by atoms with Gasteiger partial charge in [0.25, 0.3) is 5.91 Å². The van der Waals surface area contributed by atoms with E-state index in [2.05, 4.69) is 10.2 Å². The molecule has 1 aliphatic rings. The van der Waals surface area contributed by atoms with Crippen molar-refractivity contribution in [2.24, 2.45) is 0 Å². The van der Waals surface area contributed by atoms with E-state index < -0.39 is 10.0 Å². The molecule has 0 bridgehead atoms. The Hall–Kier alpha value is -1.64. The van der Waals surface area contributed by atoms with Gasteiger partial charge in [-0.1, -0.05) is 0 Å². The second-order valence-corrected chi connectivity index (χ2v) is 8.64. The second-order valence-electron chi connectivity index (χ2n) is 6.49. The standard InChI is InChI=1S/C17H28N4O3S/c1-18-9-12-20(4)17(22)15-13-14(25(23,24)19(2)3)7-8-16(15)21-10-5-6-11-21/h7-8,13,18H,5-6,9-12H2,1-4H3. The molecule has 1 fully saturated rings. The summed E-state index contributed by atoms with van der Waals surface area (Å²) in [4.78, 5) is 16.9. The lowest BCUT2D eigenvalue weighted by molar-refractivity contribution is 0.0797. The van der Waals surface area contributed by atoms with Crippen LogP contribution in [0.1, 0.15) is 23.2 Å². The highest BCUT2D eigenvalue weighted by atomic mass is 32.2. The Bertz CT molecular complexity index is 713. The Morgan fingerprint density at radius 1 is 1.20 bits per heavy atom. The van der Waals surface area contributed by atoms with Crippen LogP contribution in [0.25, 0.3) is 0 Å². The molecular formula is C17H28N4O3S. The summed E-state index contributed by atoms with van der Waals surface area (Å²) < 4.78 is 26.1. The minimum Gasteiger partial charge on any atom is -0.371 e. The topological polar surface area (TPSA) is 73.0 Å². The number of carbonyl (C=O) groups is 1. The van der Waals surface area contributed by atoms with Gasteiger partial charge in [-0.3, -0.25) is 4.79 Å². The second kappa shape index (κ2) is 8.16. The van der Waals surface area contributed by atoms with Gasteiger partial charge in [0.05, 0.1) is 10.5 Å². The number of nitrogens with zero attached hydrogens (tertiary/aromatic N) is 3. The third-order valence-corrected chi connectivity index (χ3v) is 6.28. The number of anilines is 1. The van der Waals surface area contributed by atoms with Crippen molar-refractivity contribution in [3.8, 4) is 0 Å². The molecule has 7 nitrogen and oxygen atoms in total. The van der Waals surface area contributed by atoms with E-state index in [0.717, 1.165) is 35.9 Å². The molecule has 1 aliphatic heterocycles. The maximum absolute atomic E-state index is 12.9. The number of benzene rings is 1. The number of likely N-dealkylation sites (N-methyl/N-ethyl adjacent to an activating group) is 2. The van der Waals surface area contributed by atoms with Gasteiger partial charge in [0, 0.05) is 53.0 Å². The molecule has 0 aromatic heterocycles. The number of amides is 1. The number of hydrogen-bond donors (Lipinski definition) is 1. The Labute approximate surface area is 150 Å². The molecule has 0 atom stereocenters. The summed E-state index contributed by atoms with van der Waals surface area (Å²) in [5.74, 6) is -0.159. The molecule has 2 rings (SSSR count). The van der Waals surface area contributed by atoms with Gasteiger partial charge in [-0.2, -0.15) is 0 Å². The summed E-state index contributed by atoms with van der Waals surface area (Å²) in [5, 5.41) is 3.02. The van der Waals surface area contributed by atoms with E-state index in [1.54, 1.807) is 24.1 Å². The van der Waals surface area contributed by atoms with Crippen LogP contribution in [-0.2, 0) is 10.0 Å². The molecular weight excluding hydrogens is 340 g/mol. The molecule has 1 amide bonds. The first-order chi connectivity index (χ1) is 11.8. The summed E-state index contributed by atoms with van der Waals surface area (Å²) in [7, 11) is 2.96. The fourth-order valence-corrected chi connectivity index (χ4v) is 3.81. The van der Waals surface area contributed by atoms with Crippen LogP contribution in [0.2, 0.25) is 0 Å². The zero-order valence-corrected chi connectivity index (χ0v) is 16.3. The average molecular weight is 369 g/mol. The Balaban J connectivity index is 2.46. The quantitative estimate of drug-likeness (QED) is 0.772. The predicted octanol–water partition coefficient (Wildman–Crippen LogP) is 0.829. The van der Waals surface area contributed by atoms with Gasteiger partial charge in [0.15, 0.2) is 0 Å². The van der Waals surface area contributed by atoms with E-state index in [4.69, 9.17) is 0 Å². The third kappa shape index (κ3) is 4.31. The van der Waals surface area contributed by atoms with Crippen molar-refractivity contribution in [1.29, 1.82) is 0 Å². The van der Waals surface area contributed by atoms with Gasteiger partial charge < -0.3 is 15.1 Å². The van der Waals surface area contributed by atoms with E-state index in [9.17, 15) is 13.2 Å². The van der Waals surface area contributed by atoms with Crippen molar-refractivity contribution >= 4 is 21.6 Å². The molecule has 1 aromatic rings. The minimum absolute atomic E-state index is 0.144. The Morgan fingerprint density at radius 2 is 1.84 bits per heavy atom. The first kappa shape index (κ1) is 19.7. The van der Waals surface area contributed by atoms with Crippen LogP contribution in [-0.4, -0.2) is 77.9 Å². The average Bonchev–Trinajstić information content (AvgIpc) is 3.12. The fourth-order valence-electron chi connectivity index (χ4n) is 2.88. The van der Waals surface area contributed by atoms with E-state index in [0.29, 0.717) is 18.7 Å². The van der Waals surface area contributed by atoms with Crippen LogP contribution >= 0.6 is 0 Å². The number of carbonyl (C=O) groups excluding carboxylic acids is 1. The fraction of sp³-hybridized carbons (Fsp3) is 0.588. The predicted molar refractivity (Wildman–Crippen MR) is 99.6 cm³/mol. The zero-order valence-electron chi connectivity index (χ0n) is 15.4. The van der Waals surface area contributed by atoms with E-state index in [1.165, 1.54) is 20.2 Å². The van der Waals surface area contributed by atoms with Crippen LogP contribution in [0.4, 0.5) is 5.69 Å². The van der Waals surface area contributed by atoms with Gasteiger partial charge in [-0.05, 0) is 38.1 Å². The van der Waals surface area contributed by atoms with Gasteiger partial charge in [-0.25, -0.2) is 12.7 Å². The first-order valence-corrected chi connectivity index (χ1v) is 9.94. The largest absolute Gasteiger partial charge is 0.371 e. The van der Waals surface area contributed by atoms with Crippen LogP contribution in [0, 0.1) is 0 Å². The molecule has 140 valence electrons. The molecule has 1 heterocycles. The molecule has 0 aliphatic carbocycles. The van der Waals surface area contributed by atoms with E-state index in [-0.39, 0.29) is 10.8 Å². The summed E-state index contributed by atoms with van der Waals surface area (Å²) in [6.07, 6.45) is 2.17. The van der Waals surface area contributed by atoms with Gasteiger partial charge >= 0.3 is 0 Å². The van der Waals surface area contributed by atoms with E-state index in [1.807, 2.05) is 7.05 Å². The highest BCUT2D eigenvalue weighted by Crippen LogP contribution is 2.29. The maximum atomic E-state index is 12.9. The molecule has 1 aromatic carbocycles. The van der Waals surface area contributed by atoms with Crippen molar-refractivity contribution in [2.45, 2.75) is 17.7 Å². The minimum atomic E-state index is -3.58. The molecule has 1 N–H and O–H groups in total. The summed E-state index contributed by atoms with van der Waals surface area (Å²) in [5.41, 5.74) is 1.26.